The zero-order valence-corrected chi connectivity index (χ0v) is 14.1. The van der Waals surface area contributed by atoms with Gasteiger partial charge in [0.15, 0.2) is 0 Å². The summed E-state index contributed by atoms with van der Waals surface area (Å²) >= 11 is 5.70. The molecule has 0 saturated heterocycles. The summed E-state index contributed by atoms with van der Waals surface area (Å²) in [5, 5.41) is 3.01. The van der Waals surface area contributed by atoms with E-state index < -0.39 is 0 Å². The van der Waals surface area contributed by atoms with Crippen LogP contribution in [0.2, 0.25) is 0 Å². The van der Waals surface area contributed by atoms with Crippen LogP contribution in [0.3, 0.4) is 0 Å². The van der Waals surface area contributed by atoms with Gasteiger partial charge in [0.1, 0.15) is 0 Å². The fourth-order valence-corrected chi connectivity index (χ4v) is 2.98. The van der Waals surface area contributed by atoms with E-state index in [4.69, 9.17) is 0 Å². The number of hydrogen-bond donors (Lipinski definition) is 1. The number of amides is 1. The third kappa shape index (κ3) is 3.79. The standard InChI is InChI=1S/C15H13BrINO/c1-10(13-7-2-3-8-14(13)16)18-15(19)11-5-4-6-12(17)9-11/h2-10H,1H3,(H,18,19)/t10-/m0/s1. The first-order chi connectivity index (χ1) is 9.08. The summed E-state index contributed by atoms with van der Waals surface area (Å²) in [4.78, 5) is 12.2. The predicted octanol–water partition coefficient (Wildman–Crippen LogP) is 4.54. The molecule has 98 valence electrons. The van der Waals surface area contributed by atoms with Gasteiger partial charge in [-0.05, 0) is 59.3 Å². The summed E-state index contributed by atoms with van der Waals surface area (Å²) in [6, 6.07) is 15.4. The van der Waals surface area contributed by atoms with Gasteiger partial charge in [-0.15, -0.1) is 0 Å². The molecule has 19 heavy (non-hydrogen) atoms. The lowest BCUT2D eigenvalue weighted by atomic mass is 10.1. The van der Waals surface area contributed by atoms with Crippen LogP contribution in [0, 0.1) is 3.57 Å². The number of carbonyl (C=O) groups is 1. The molecular formula is C15H13BrINO. The van der Waals surface area contributed by atoms with Crippen LogP contribution in [0.1, 0.15) is 28.9 Å². The topological polar surface area (TPSA) is 29.1 Å². The van der Waals surface area contributed by atoms with Gasteiger partial charge in [0.05, 0.1) is 6.04 Å². The molecular weight excluding hydrogens is 417 g/mol. The van der Waals surface area contributed by atoms with Crippen molar-refractivity contribution in [1.29, 1.82) is 0 Å². The molecule has 0 unspecified atom stereocenters. The number of carbonyl (C=O) groups excluding carboxylic acids is 1. The Morgan fingerprint density at radius 3 is 2.63 bits per heavy atom. The molecule has 0 aliphatic heterocycles. The maximum atomic E-state index is 12.2. The number of benzene rings is 2. The SMILES string of the molecule is C[C@H](NC(=O)c1cccc(I)c1)c1ccccc1Br. The molecule has 1 N–H and O–H groups in total. The van der Waals surface area contributed by atoms with Gasteiger partial charge in [0.25, 0.3) is 5.91 Å². The van der Waals surface area contributed by atoms with Crippen LogP contribution in [-0.2, 0) is 0 Å². The fraction of sp³-hybridized carbons (Fsp3) is 0.133. The molecule has 0 radical (unpaired) electrons. The molecule has 2 aromatic carbocycles. The maximum Gasteiger partial charge on any atom is 0.251 e. The minimum atomic E-state index is -0.0539. The van der Waals surface area contributed by atoms with Gasteiger partial charge in [-0.25, -0.2) is 0 Å². The molecule has 0 fully saturated rings. The van der Waals surface area contributed by atoms with E-state index in [-0.39, 0.29) is 11.9 Å². The normalized spacial score (nSPS) is 11.9. The summed E-state index contributed by atoms with van der Waals surface area (Å²) in [7, 11) is 0. The van der Waals surface area contributed by atoms with Crippen LogP contribution in [0.15, 0.2) is 53.0 Å². The second-order valence-corrected chi connectivity index (χ2v) is 6.33. The molecule has 2 aromatic rings. The highest BCUT2D eigenvalue weighted by molar-refractivity contribution is 14.1. The van der Waals surface area contributed by atoms with Crippen molar-refractivity contribution in [2.24, 2.45) is 0 Å². The van der Waals surface area contributed by atoms with Crippen LogP contribution >= 0.6 is 38.5 Å². The van der Waals surface area contributed by atoms with Gasteiger partial charge in [-0.3, -0.25) is 4.79 Å². The lowest BCUT2D eigenvalue weighted by Crippen LogP contribution is -2.26. The molecule has 0 heterocycles. The maximum absolute atomic E-state index is 12.2. The Bertz CT molecular complexity index is 600. The lowest BCUT2D eigenvalue weighted by Gasteiger charge is -2.16. The Kier molecular flexibility index (Phi) is 4.99. The minimum Gasteiger partial charge on any atom is -0.345 e. The number of hydrogen-bond acceptors (Lipinski definition) is 1. The van der Waals surface area contributed by atoms with Gasteiger partial charge in [-0.2, -0.15) is 0 Å². The largest absolute Gasteiger partial charge is 0.345 e. The van der Waals surface area contributed by atoms with Crippen molar-refractivity contribution < 1.29 is 4.79 Å². The van der Waals surface area contributed by atoms with Crippen molar-refractivity contribution in [2.45, 2.75) is 13.0 Å². The van der Waals surface area contributed by atoms with Crippen LogP contribution in [0.25, 0.3) is 0 Å². The molecule has 2 nitrogen and oxygen atoms in total. The van der Waals surface area contributed by atoms with E-state index in [9.17, 15) is 4.79 Å². The average Bonchev–Trinajstić information content (AvgIpc) is 2.39. The zero-order chi connectivity index (χ0) is 13.8. The average molecular weight is 430 g/mol. The Labute approximate surface area is 134 Å². The first kappa shape index (κ1) is 14.5. The summed E-state index contributed by atoms with van der Waals surface area (Å²) in [6.07, 6.45) is 0. The molecule has 1 atom stereocenters. The molecule has 0 aliphatic rings. The molecule has 0 spiro atoms. The van der Waals surface area contributed by atoms with E-state index in [1.165, 1.54) is 0 Å². The van der Waals surface area contributed by atoms with E-state index in [0.29, 0.717) is 5.56 Å². The van der Waals surface area contributed by atoms with E-state index in [0.717, 1.165) is 13.6 Å². The van der Waals surface area contributed by atoms with Crippen LogP contribution < -0.4 is 5.32 Å². The number of rotatable bonds is 3. The van der Waals surface area contributed by atoms with Gasteiger partial charge < -0.3 is 5.32 Å². The fourth-order valence-electron chi connectivity index (χ4n) is 1.81. The van der Waals surface area contributed by atoms with Crippen LogP contribution in [0.4, 0.5) is 0 Å². The Morgan fingerprint density at radius 2 is 1.95 bits per heavy atom. The second-order valence-electron chi connectivity index (χ2n) is 4.23. The summed E-state index contributed by atoms with van der Waals surface area (Å²) < 4.78 is 2.06. The first-order valence-electron chi connectivity index (χ1n) is 5.89. The monoisotopic (exact) mass is 429 g/mol. The van der Waals surface area contributed by atoms with E-state index in [1.54, 1.807) is 0 Å². The zero-order valence-electron chi connectivity index (χ0n) is 10.4. The molecule has 4 heteroatoms. The highest BCUT2D eigenvalue weighted by atomic mass is 127. The molecule has 2 rings (SSSR count). The van der Waals surface area contributed by atoms with Gasteiger partial charge in [-0.1, -0.05) is 40.2 Å². The Balaban J connectivity index is 2.13. The van der Waals surface area contributed by atoms with Crippen molar-refractivity contribution in [1.82, 2.24) is 5.32 Å². The third-order valence-electron chi connectivity index (χ3n) is 2.81. The van der Waals surface area contributed by atoms with Crippen molar-refractivity contribution in [3.8, 4) is 0 Å². The predicted molar refractivity (Wildman–Crippen MR) is 89.2 cm³/mol. The van der Waals surface area contributed by atoms with E-state index >= 15 is 0 Å². The van der Waals surface area contributed by atoms with Crippen molar-refractivity contribution in [3.63, 3.8) is 0 Å². The third-order valence-corrected chi connectivity index (χ3v) is 4.20. The molecule has 0 saturated carbocycles. The Hall–Kier alpha value is -0.880. The molecule has 0 aliphatic carbocycles. The van der Waals surface area contributed by atoms with E-state index in [2.05, 4.69) is 43.8 Å². The summed E-state index contributed by atoms with van der Waals surface area (Å²) in [5.41, 5.74) is 1.76. The minimum absolute atomic E-state index is 0.0408. The van der Waals surface area contributed by atoms with E-state index in [1.807, 2.05) is 55.5 Å². The number of nitrogens with one attached hydrogen (secondary N) is 1. The lowest BCUT2D eigenvalue weighted by molar-refractivity contribution is 0.0939. The van der Waals surface area contributed by atoms with Gasteiger partial charge in [0, 0.05) is 13.6 Å². The first-order valence-corrected chi connectivity index (χ1v) is 7.76. The molecule has 0 aromatic heterocycles. The van der Waals surface area contributed by atoms with Crippen LogP contribution in [-0.4, -0.2) is 5.91 Å². The van der Waals surface area contributed by atoms with Crippen molar-refractivity contribution >= 4 is 44.4 Å². The highest BCUT2D eigenvalue weighted by Gasteiger charge is 2.13. The van der Waals surface area contributed by atoms with Crippen molar-refractivity contribution in [3.05, 3.63) is 67.7 Å². The van der Waals surface area contributed by atoms with Crippen LogP contribution in [0.5, 0.6) is 0 Å². The highest BCUT2D eigenvalue weighted by Crippen LogP contribution is 2.23. The molecule has 1 amide bonds. The van der Waals surface area contributed by atoms with Gasteiger partial charge >= 0.3 is 0 Å². The number of halogens is 2. The Morgan fingerprint density at radius 1 is 1.21 bits per heavy atom. The summed E-state index contributed by atoms with van der Waals surface area (Å²) in [5.74, 6) is -0.0539. The molecule has 0 bridgehead atoms. The van der Waals surface area contributed by atoms with Crippen molar-refractivity contribution in [2.75, 3.05) is 0 Å². The quantitative estimate of drug-likeness (QED) is 0.712. The van der Waals surface area contributed by atoms with Gasteiger partial charge in [0.2, 0.25) is 0 Å². The second kappa shape index (κ2) is 6.52. The smallest absolute Gasteiger partial charge is 0.251 e. The summed E-state index contributed by atoms with van der Waals surface area (Å²) in [6.45, 7) is 1.98.